The van der Waals surface area contributed by atoms with Gasteiger partial charge in [0.25, 0.3) is 0 Å². The second kappa shape index (κ2) is 45.0. The van der Waals surface area contributed by atoms with Crippen LogP contribution in [0.5, 0.6) is 11.8 Å². The van der Waals surface area contributed by atoms with Crippen molar-refractivity contribution in [1.29, 1.82) is 0 Å². The van der Waals surface area contributed by atoms with E-state index in [4.69, 9.17) is 14.6 Å². The Balaban J connectivity index is 0.000000187. The molecular formula is C91H98N21O5Y3-3. The van der Waals surface area contributed by atoms with Crippen molar-refractivity contribution in [2.24, 2.45) is 5.92 Å². The molecule has 3 N–H and O–H groups in total. The number of benzene rings is 3. The third-order valence-electron chi connectivity index (χ3n) is 20.3. The molecule has 3 aliphatic rings. The molecule has 609 valence electrons. The molecule has 26 nitrogen and oxygen atoms in total. The first-order valence-corrected chi connectivity index (χ1v) is 39.6. The van der Waals surface area contributed by atoms with E-state index >= 15 is 0 Å². The Morgan fingerprint density at radius 2 is 0.767 bits per heavy atom. The summed E-state index contributed by atoms with van der Waals surface area (Å²) in [4.78, 5) is 78.8. The number of hydrogen-bond acceptors (Lipinski definition) is 20. The van der Waals surface area contributed by atoms with Crippen LogP contribution in [0.15, 0.2) is 146 Å². The Labute approximate surface area is 778 Å². The van der Waals surface area contributed by atoms with Gasteiger partial charge in [-0.3, -0.25) is 29.1 Å². The number of aryl methyl sites for hydroxylation is 4. The average molecular weight is 1830 g/mol. The van der Waals surface area contributed by atoms with Crippen molar-refractivity contribution in [2.75, 3.05) is 122 Å². The zero-order valence-corrected chi connectivity index (χ0v) is 78.6. The number of rotatable bonds is 19. The first-order valence-electron chi connectivity index (χ1n) is 39.6. The number of ether oxygens (including phenoxy) is 2. The summed E-state index contributed by atoms with van der Waals surface area (Å²) in [5, 5.41) is 22.5. The number of likely N-dealkylation sites (N-methyl/N-ethyl adjacent to an activating group) is 3. The van der Waals surface area contributed by atoms with Crippen LogP contribution in [0.3, 0.4) is 0 Å². The monoisotopic (exact) mass is 1830 g/mol. The van der Waals surface area contributed by atoms with E-state index in [-0.39, 0.29) is 122 Å². The minimum atomic E-state index is -0.252. The summed E-state index contributed by atoms with van der Waals surface area (Å²) in [6, 6.07) is 34.5. The Hall–Kier alpha value is -9.27. The molecule has 15 rings (SSSR count). The van der Waals surface area contributed by atoms with Crippen molar-refractivity contribution < 1.29 is 122 Å². The molecule has 29 heteroatoms. The van der Waals surface area contributed by atoms with Gasteiger partial charge in [-0.2, -0.15) is 22.9 Å². The summed E-state index contributed by atoms with van der Waals surface area (Å²) in [7, 11) is 6.49. The fraction of sp³-hybridized carbons (Fsp3) is 0.341. The minimum Gasteiger partial charge on any atom is -0.477 e. The molecule has 12 heterocycles. The smallest absolute Gasteiger partial charge is 0.238 e. The molecule has 0 aliphatic carbocycles. The molecule has 3 amide bonds. The predicted molar refractivity (Wildman–Crippen MR) is 452 cm³/mol. The van der Waals surface area contributed by atoms with E-state index in [0.29, 0.717) is 86.0 Å². The van der Waals surface area contributed by atoms with E-state index in [1.54, 1.807) is 62.5 Å². The molecule has 3 radical (unpaired) electrons. The van der Waals surface area contributed by atoms with Gasteiger partial charge in [-0.25, -0.2) is 28.5 Å². The normalized spacial score (nSPS) is 13.9. The Bertz CT molecular complexity index is 5730. The van der Waals surface area contributed by atoms with Gasteiger partial charge < -0.3 is 55.1 Å². The van der Waals surface area contributed by atoms with E-state index in [1.165, 1.54) is 35.3 Å². The number of imidazole rings is 3. The maximum atomic E-state index is 13.0. The Morgan fingerprint density at radius 1 is 0.425 bits per heavy atom. The van der Waals surface area contributed by atoms with Crippen LogP contribution in [0.2, 0.25) is 0 Å². The number of anilines is 3. The zero-order valence-electron chi connectivity index (χ0n) is 70.1. The van der Waals surface area contributed by atoms with E-state index in [0.717, 1.165) is 156 Å². The van der Waals surface area contributed by atoms with Crippen molar-refractivity contribution in [3.05, 3.63) is 255 Å². The van der Waals surface area contributed by atoms with Gasteiger partial charge in [0.2, 0.25) is 29.5 Å². The summed E-state index contributed by atoms with van der Waals surface area (Å²) < 4.78 is 16.2. The molecule has 0 bridgehead atoms. The minimum absolute atomic E-state index is 0. The van der Waals surface area contributed by atoms with Gasteiger partial charge in [-0.1, -0.05) is 48.7 Å². The topological polar surface area (TPSA) is 254 Å². The van der Waals surface area contributed by atoms with E-state index in [9.17, 15) is 14.4 Å². The van der Waals surface area contributed by atoms with Crippen LogP contribution in [0.25, 0.3) is 16.9 Å². The first-order chi connectivity index (χ1) is 56.6. The zero-order chi connectivity index (χ0) is 81.9. The number of aromatic nitrogens is 12. The molecule has 120 heavy (non-hydrogen) atoms. The fourth-order valence-electron chi connectivity index (χ4n) is 13.3. The molecule has 12 aromatic rings. The number of pyridine rings is 3. The van der Waals surface area contributed by atoms with Crippen molar-refractivity contribution in [2.45, 2.75) is 94.0 Å². The number of fused-ring (bicyclic) bond motifs is 3. The molecule has 3 fully saturated rings. The third-order valence-corrected chi connectivity index (χ3v) is 20.3. The van der Waals surface area contributed by atoms with E-state index in [1.807, 2.05) is 81.4 Å². The van der Waals surface area contributed by atoms with Crippen LogP contribution in [0, 0.1) is 80.8 Å². The molecule has 3 aromatic carbocycles. The number of piperazine rings is 3. The van der Waals surface area contributed by atoms with Crippen LogP contribution in [0.4, 0.5) is 17.1 Å². The molecule has 0 spiro atoms. The SMILES string of the molecule is CCOc1ccc2ncc(C#Cc3[c-]ncc(C(=O)Nc4ccc(CN5CCN(C)CC5)c(C)c4)c3)n2n1.Cc1cc(NC(=O)c2cn[c-]c(C#Cc3cnc4ccc(CCC(C)C)nn34)c2)ccc1CN1CCN(C)CC1.Cc1cc(NC(=O)c2cn[c-]c(C#Cc3cnc4ccc(OC(C)C)nn34)c2)ccc1CN1CCN(C)CC1.[Y].[Y].[Y]. The quantitative estimate of drug-likeness (QED) is 0.0502. The number of hydrogen-bond donors (Lipinski definition) is 3. The van der Waals surface area contributed by atoms with Crippen molar-refractivity contribution in [3.63, 3.8) is 0 Å². The van der Waals surface area contributed by atoms with Gasteiger partial charge in [0.15, 0.2) is 16.9 Å². The van der Waals surface area contributed by atoms with E-state index < -0.39 is 0 Å². The molecule has 0 unspecified atom stereocenters. The van der Waals surface area contributed by atoms with Crippen molar-refractivity contribution in [1.82, 2.24) is 88.1 Å². The van der Waals surface area contributed by atoms with Crippen molar-refractivity contribution >= 4 is 51.7 Å². The standard InChI is InChI=1S/C32H36N7O.C30H32N7O2.C29H30N7O2.3Y/c1-23(2)5-8-28-10-12-31-34-21-30(39(31)36-28)11-6-25-18-27(20-33-19-25)32(40)35-29-9-7-26(24(3)17-29)22-38-15-13-37(4)14-16-38;1-21(2)39-29-10-9-28-32-19-27(37(28)34-29)8-5-23-16-25(18-31-17-23)30(38)33-26-7-6-24(22(3)15-26)20-36-13-11-35(4)12-14-36;1-4-38-28-10-9-27-31-19-26(36(27)33-28)8-5-22-16-24(18-30-17-22)29(37)32-25-7-6-23(21(2)15-25)20-35-13-11-34(3)12-14-35;;;/h7,9-10,12,17-18,20-21,23H,5,8,13-16,22H2,1-4H3,(H,35,40);6-7,9-10,15-16,18-19,21H,11-14,20H2,1-4H3,(H,33,38);6-7,9-10,15-16,18-19H,4,11-14,20H2,1-3H3,(H,32,37);;;/q3*-1;;;. The van der Waals surface area contributed by atoms with Gasteiger partial charge in [0.05, 0.1) is 37.0 Å². The second-order valence-electron chi connectivity index (χ2n) is 30.4. The number of amides is 3. The maximum absolute atomic E-state index is 13.0. The molecule has 0 saturated carbocycles. The van der Waals surface area contributed by atoms with Gasteiger partial charge in [0.1, 0.15) is 17.1 Å². The van der Waals surface area contributed by atoms with Gasteiger partial charge in [0, 0.05) is 225 Å². The summed E-state index contributed by atoms with van der Waals surface area (Å²) >= 11 is 0. The van der Waals surface area contributed by atoms with Gasteiger partial charge in [-0.05, 0) is 229 Å². The van der Waals surface area contributed by atoms with Crippen LogP contribution < -0.4 is 25.4 Å². The summed E-state index contributed by atoms with van der Waals surface area (Å²) in [6.07, 6.45) is 20.0. The largest absolute Gasteiger partial charge is 0.477 e. The van der Waals surface area contributed by atoms with Crippen molar-refractivity contribution in [3.8, 4) is 47.3 Å². The summed E-state index contributed by atoms with van der Waals surface area (Å²) in [6.45, 7) is 32.7. The molecule has 3 aliphatic heterocycles. The second-order valence-corrected chi connectivity index (χ2v) is 30.4. The molecule has 0 atom stereocenters. The molecule has 3 saturated heterocycles. The third kappa shape index (κ3) is 26.4. The number of carbonyl (C=O) groups is 3. The number of nitrogens with one attached hydrogen (secondary N) is 3. The fourth-order valence-corrected chi connectivity index (χ4v) is 13.3. The van der Waals surface area contributed by atoms with Crippen LogP contribution in [-0.2, 0) is 124 Å². The number of carbonyl (C=O) groups excluding carboxylic acids is 3. The predicted octanol–water partition coefficient (Wildman–Crippen LogP) is 10.7. The Kier molecular flexibility index (Phi) is 34.9. The molecular weight excluding hydrogens is 1730 g/mol. The Morgan fingerprint density at radius 3 is 1.11 bits per heavy atom. The van der Waals surface area contributed by atoms with Gasteiger partial charge in [-0.15, -0.1) is 46.2 Å². The first kappa shape index (κ1) is 93.0. The van der Waals surface area contributed by atoms with Crippen LogP contribution in [-0.4, -0.2) is 218 Å². The maximum Gasteiger partial charge on any atom is 0.238 e. The van der Waals surface area contributed by atoms with Crippen LogP contribution in [0.1, 0.15) is 145 Å². The van der Waals surface area contributed by atoms with Gasteiger partial charge >= 0.3 is 0 Å². The summed E-state index contributed by atoms with van der Waals surface area (Å²) in [5.74, 6) is 19.2. The molecule has 9 aromatic heterocycles. The van der Waals surface area contributed by atoms with E-state index in [2.05, 4.69) is 214 Å². The van der Waals surface area contributed by atoms with Crippen LogP contribution >= 0.6 is 0 Å². The number of nitrogens with zero attached hydrogens (tertiary/aromatic N) is 18. The summed E-state index contributed by atoms with van der Waals surface area (Å²) in [5.41, 5.74) is 17.3. The average Bonchev–Trinajstić information content (AvgIpc) is 1.65.